The molecule has 1 aromatic heterocycles. The summed E-state index contributed by atoms with van der Waals surface area (Å²) in [6.07, 6.45) is 1.29. The molecular weight excluding hydrogens is 252 g/mol. The van der Waals surface area contributed by atoms with Crippen molar-refractivity contribution in [2.75, 3.05) is 11.5 Å². The molecule has 1 saturated heterocycles. The number of sulfone groups is 1. The Bertz CT molecular complexity index is 521. The fourth-order valence-corrected chi connectivity index (χ4v) is 4.50. The summed E-state index contributed by atoms with van der Waals surface area (Å²) in [7, 11) is -0.990. The highest BCUT2D eigenvalue weighted by atomic mass is 32.2. The molecule has 1 aromatic rings. The molecule has 1 aliphatic rings. The van der Waals surface area contributed by atoms with Gasteiger partial charge < -0.3 is 5.11 Å². The Morgan fingerprint density at radius 3 is 2.83 bits per heavy atom. The summed E-state index contributed by atoms with van der Waals surface area (Å²) in [6, 6.07) is 1.95. The molecule has 5 nitrogen and oxygen atoms in total. The Balaban J connectivity index is 1.90. The zero-order valence-electron chi connectivity index (χ0n) is 10.8. The van der Waals surface area contributed by atoms with Crippen LogP contribution in [0.5, 0.6) is 0 Å². The number of hydrogen-bond acceptors (Lipinski definition) is 4. The molecule has 1 aliphatic heterocycles. The van der Waals surface area contributed by atoms with E-state index in [9.17, 15) is 13.5 Å². The fraction of sp³-hybridized carbons (Fsp3) is 0.750. The average Bonchev–Trinajstić information content (AvgIpc) is 2.70. The molecule has 2 heterocycles. The number of rotatable bonds is 4. The van der Waals surface area contributed by atoms with E-state index in [2.05, 4.69) is 5.10 Å². The standard InChI is InChI=1S/C12H20N2O3S/c1-9-5-11(14(2)13-9)7-12(15)6-10-3-4-18(16,17)8-10/h5,10,12,15H,3-4,6-8H2,1-2H3. The quantitative estimate of drug-likeness (QED) is 0.864. The number of aliphatic hydroxyl groups is 1. The summed E-state index contributed by atoms with van der Waals surface area (Å²) in [4.78, 5) is 0. The molecule has 0 aliphatic carbocycles. The topological polar surface area (TPSA) is 72.2 Å². The SMILES string of the molecule is Cc1cc(CC(O)CC2CCS(=O)(=O)C2)n(C)n1. The number of nitrogens with zero attached hydrogens (tertiary/aromatic N) is 2. The molecule has 0 bridgehead atoms. The lowest BCUT2D eigenvalue weighted by atomic mass is 9.98. The van der Waals surface area contributed by atoms with E-state index in [4.69, 9.17) is 0 Å². The van der Waals surface area contributed by atoms with E-state index in [0.717, 1.165) is 11.4 Å². The van der Waals surface area contributed by atoms with Crippen LogP contribution in [0.2, 0.25) is 0 Å². The number of aromatic nitrogens is 2. The van der Waals surface area contributed by atoms with Crippen LogP contribution in [0.1, 0.15) is 24.2 Å². The monoisotopic (exact) mass is 272 g/mol. The Morgan fingerprint density at radius 1 is 1.61 bits per heavy atom. The molecule has 0 radical (unpaired) electrons. The molecule has 0 spiro atoms. The molecule has 102 valence electrons. The van der Waals surface area contributed by atoms with Gasteiger partial charge in [-0.3, -0.25) is 4.68 Å². The second-order valence-corrected chi connectivity index (χ2v) is 7.49. The van der Waals surface area contributed by atoms with Crippen molar-refractivity contribution in [1.82, 2.24) is 9.78 Å². The molecule has 2 unspecified atom stereocenters. The molecule has 2 atom stereocenters. The van der Waals surface area contributed by atoms with Crippen LogP contribution in [0.3, 0.4) is 0 Å². The van der Waals surface area contributed by atoms with Gasteiger partial charge in [-0.1, -0.05) is 0 Å². The van der Waals surface area contributed by atoms with Gasteiger partial charge >= 0.3 is 0 Å². The van der Waals surface area contributed by atoms with Gasteiger partial charge in [-0.2, -0.15) is 5.10 Å². The highest BCUT2D eigenvalue weighted by Gasteiger charge is 2.29. The predicted molar refractivity (Wildman–Crippen MR) is 69.0 cm³/mol. The minimum Gasteiger partial charge on any atom is -0.393 e. The molecule has 18 heavy (non-hydrogen) atoms. The Hall–Kier alpha value is -0.880. The summed E-state index contributed by atoms with van der Waals surface area (Å²) in [5, 5.41) is 14.3. The maximum atomic E-state index is 11.3. The van der Waals surface area contributed by atoms with Crippen molar-refractivity contribution in [1.29, 1.82) is 0 Å². The third-order valence-electron chi connectivity index (χ3n) is 3.48. The van der Waals surface area contributed by atoms with Gasteiger partial charge in [0.25, 0.3) is 0 Å². The van der Waals surface area contributed by atoms with Crippen molar-refractivity contribution in [2.24, 2.45) is 13.0 Å². The van der Waals surface area contributed by atoms with Gasteiger partial charge in [0.2, 0.25) is 0 Å². The van der Waals surface area contributed by atoms with E-state index in [-0.39, 0.29) is 17.4 Å². The number of hydrogen-bond donors (Lipinski definition) is 1. The van der Waals surface area contributed by atoms with Crippen molar-refractivity contribution in [3.05, 3.63) is 17.5 Å². The summed E-state index contributed by atoms with van der Waals surface area (Å²) in [6.45, 7) is 1.92. The second kappa shape index (κ2) is 5.01. The van der Waals surface area contributed by atoms with Crippen LogP contribution in [0.15, 0.2) is 6.07 Å². The molecule has 2 rings (SSSR count). The van der Waals surface area contributed by atoms with Crippen molar-refractivity contribution in [3.8, 4) is 0 Å². The number of aliphatic hydroxyl groups excluding tert-OH is 1. The Kier molecular flexibility index (Phi) is 3.77. The molecular formula is C12H20N2O3S. The van der Waals surface area contributed by atoms with E-state index < -0.39 is 15.9 Å². The van der Waals surface area contributed by atoms with Gasteiger partial charge in [-0.15, -0.1) is 0 Å². The lowest BCUT2D eigenvalue weighted by molar-refractivity contribution is 0.144. The van der Waals surface area contributed by atoms with Gasteiger partial charge in [0.05, 0.1) is 23.3 Å². The molecule has 1 fully saturated rings. The van der Waals surface area contributed by atoms with Crippen molar-refractivity contribution in [2.45, 2.75) is 32.3 Å². The van der Waals surface area contributed by atoms with Crippen molar-refractivity contribution in [3.63, 3.8) is 0 Å². The molecule has 0 amide bonds. The summed E-state index contributed by atoms with van der Waals surface area (Å²) in [5.74, 6) is 0.614. The Morgan fingerprint density at radius 2 is 2.33 bits per heavy atom. The maximum Gasteiger partial charge on any atom is 0.150 e. The lowest BCUT2D eigenvalue weighted by Gasteiger charge is -2.14. The van der Waals surface area contributed by atoms with E-state index in [0.29, 0.717) is 19.3 Å². The molecule has 0 saturated carbocycles. The normalized spacial score (nSPS) is 24.3. The first kappa shape index (κ1) is 13.5. The van der Waals surface area contributed by atoms with E-state index >= 15 is 0 Å². The third-order valence-corrected chi connectivity index (χ3v) is 5.31. The van der Waals surface area contributed by atoms with Crippen LogP contribution in [-0.4, -0.2) is 40.9 Å². The summed E-state index contributed by atoms with van der Waals surface area (Å²) < 4.78 is 24.5. The molecule has 0 aromatic carbocycles. The van der Waals surface area contributed by atoms with Crippen LogP contribution < -0.4 is 0 Å². The van der Waals surface area contributed by atoms with Crippen molar-refractivity contribution < 1.29 is 13.5 Å². The van der Waals surface area contributed by atoms with Gasteiger partial charge in [0.15, 0.2) is 9.84 Å². The highest BCUT2D eigenvalue weighted by Crippen LogP contribution is 2.24. The zero-order chi connectivity index (χ0) is 13.3. The maximum absolute atomic E-state index is 11.3. The minimum atomic E-state index is -2.85. The smallest absolute Gasteiger partial charge is 0.150 e. The van der Waals surface area contributed by atoms with E-state index in [1.807, 2.05) is 20.0 Å². The van der Waals surface area contributed by atoms with E-state index in [1.54, 1.807) is 4.68 Å². The van der Waals surface area contributed by atoms with E-state index in [1.165, 1.54) is 0 Å². The van der Waals surface area contributed by atoms with Gasteiger partial charge in [-0.25, -0.2) is 8.42 Å². The summed E-state index contributed by atoms with van der Waals surface area (Å²) >= 11 is 0. The van der Waals surface area contributed by atoms with Crippen molar-refractivity contribution >= 4 is 9.84 Å². The fourth-order valence-electron chi connectivity index (χ4n) is 2.62. The zero-order valence-corrected chi connectivity index (χ0v) is 11.7. The Labute approximate surface area is 108 Å². The second-order valence-electron chi connectivity index (χ2n) is 5.26. The first-order valence-corrected chi connectivity index (χ1v) is 8.06. The summed E-state index contributed by atoms with van der Waals surface area (Å²) in [5.41, 5.74) is 1.92. The first-order chi connectivity index (χ1) is 8.35. The third kappa shape index (κ3) is 3.32. The highest BCUT2D eigenvalue weighted by molar-refractivity contribution is 7.91. The van der Waals surface area contributed by atoms with Crippen LogP contribution in [-0.2, 0) is 23.3 Å². The molecule has 6 heteroatoms. The van der Waals surface area contributed by atoms with Crippen LogP contribution >= 0.6 is 0 Å². The number of aryl methyl sites for hydroxylation is 2. The minimum absolute atomic E-state index is 0.110. The van der Waals surface area contributed by atoms with Crippen LogP contribution in [0, 0.1) is 12.8 Å². The lowest BCUT2D eigenvalue weighted by Crippen LogP contribution is -2.18. The average molecular weight is 272 g/mol. The van der Waals surface area contributed by atoms with Crippen LogP contribution in [0.25, 0.3) is 0 Å². The van der Waals surface area contributed by atoms with Gasteiger partial charge in [0.1, 0.15) is 0 Å². The molecule has 1 N–H and O–H groups in total. The van der Waals surface area contributed by atoms with Gasteiger partial charge in [0, 0.05) is 19.2 Å². The predicted octanol–water partition coefficient (Wildman–Crippen LogP) is 0.457. The first-order valence-electron chi connectivity index (χ1n) is 6.24. The van der Waals surface area contributed by atoms with Gasteiger partial charge in [-0.05, 0) is 31.7 Å². The largest absolute Gasteiger partial charge is 0.393 e. The van der Waals surface area contributed by atoms with Crippen LogP contribution in [0.4, 0.5) is 0 Å².